The molecule has 0 saturated carbocycles. The molecule has 0 saturated heterocycles. The summed E-state index contributed by atoms with van der Waals surface area (Å²) in [4.78, 5) is 11.3. The molecule has 0 fully saturated rings. The summed E-state index contributed by atoms with van der Waals surface area (Å²) in [6, 6.07) is 8.19. The summed E-state index contributed by atoms with van der Waals surface area (Å²) >= 11 is 0. The van der Waals surface area contributed by atoms with E-state index < -0.39 is 0 Å². The van der Waals surface area contributed by atoms with Gasteiger partial charge in [0.1, 0.15) is 6.42 Å². The molecule has 3 nitrogen and oxygen atoms in total. The number of benzene rings is 1. The second-order valence-electron chi connectivity index (χ2n) is 5.31. The highest BCUT2D eigenvalue weighted by atomic mass is 16.1. The fraction of sp³-hybridized carbons (Fsp3) is 0.467. The van der Waals surface area contributed by atoms with Crippen LogP contribution in [0.15, 0.2) is 18.2 Å². The highest BCUT2D eigenvalue weighted by molar-refractivity contribution is 5.78. The van der Waals surface area contributed by atoms with Crippen molar-refractivity contribution in [1.29, 1.82) is 5.26 Å². The predicted octanol–water partition coefficient (Wildman–Crippen LogP) is 2.61. The van der Waals surface area contributed by atoms with Crippen molar-refractivity contribution in [2.24, 2.45) is 0 Å². The van der Waals surface area contributed by atoms with E-state index in [1.807, 2.05) is 6.07 Å². The summed E-state index contributed by atoms with van der Waals surface area (Å²) in [5.41, 5.74) is 3.56. The van der Waals surface area contributed by atoms with Gasteiger partial charge >= 0.3 is 0 Å². The Hall–Kier alpha value is -1.82. The molecule has 0 heterocycles. The van der Waals surface area contributed by atoms with Crippen LogP contribution in [0.5, 0.6) is 0 Å². The number of nitrogens with one attached hydrogen (secondary N) is 1. The molecular weight excluding hydrogens is 224 g/mol. The lowest BCUT2D eigenvalue weighted by atomic mass is 9.81. The average molecular weight is 244 g/mol. The van der Waals surface area contributed by atoms with Gasteiger partial charge in [-0.2, -0.15) is 5.26 Å². The number of nitrogens with zero attached hydrogens (tertiary/aromatic N) is 1. The van der Waals surface area contributed by atoms with Crippen LogP contribution in [0.25, 0.3) is 0 Å². The molecule has 1 amide bonds. The molecule has 3 heteroatoms. The van der Waals surface area contributed by atoms with Gasteiger partial charge in [0.25, 0.3) is 0 Å². The van der Waals surface area contributed by atoms with Gasteiger partial charge in [0, 0.05) is 12.0 Å². The Bertz CT molecular complexity index is 484. The van der Waals surface area contributed by atoms with E-state index in [0.717, 1.165) is 0 Å². The molecule has 1 N–H and O–H groups in total. The van der Waals surface area contributed by atoms with Crippen molar-refractivity contribution in [3.05, 3.63) is 34.9 Å². The van der Waals surface area contributed by atoms with Crippen molar-refractivity contribution in [1.82, 2.24) is 5.32 Å². The third-order valence-corrected chi connectivity index (χ3v) is 3.08. The Morgan fingerprint density at radius 3 is 2.61 bits per heavy atom. The molecule has 0 unspecified atom stereocenters. The van der Waals surface area contributed by atoms with E-state index in [2.05, 4.69) is 51.2 Å². The minimum Gasteiger partial charge on any atom is -0.354 e. The van der Waals surface area contributed by atoms with Crippen molar-refractivity contribution in [3.63, 3.8) is 0 Å². The van der Waals surface area contributed by atoms with E-state index in [4.69, 9.17) is 5.26 Å². The maximum absolute atomic E-state index is 11.3. The van der Waals surface area contributed by atoms with Crippen molar-refractivity contribution in [2.45, 2.75) is 39.5 Å². The largest absolute Gasteiger partial charge is 0.354 e. The highest BCUT2D eigenvalue weighted by Crippen LogP contribution is 2.26. The number of aryl methyl sites for hydroxylation is 2. The van der Waals surface area contributed by atoms with Gasteiger partial charge in [0.2, 0.25) is 5.91 Å². The number of nitriles is 1. The zero-order valence-electron chi connectivity index (χ0n) is 11.5. The molecule has 1 aromatic rings. The van der Waals surface area contributed by atoms with Crippen molar-refractivity contribution >= 4 is 5.91 Å². The Kier molecular flexibility index (Phi) is 4.49. The standard InChI is InChI=1S/C15H20N2O/c1-11-5-6-13(12(2)9-11)15(3,4)10-17-14(18)7-8-16/h5-6,9H,7,10H2,1-4H3,(H,17,18). The van der Waals surface area contributed by atoms with Gasteiger partial charge in [-0.25, -0.2) is 0 Å². The molecule has 0 aromatic heterocycles. The first-order chi connectivity index (χ1) is 8.36. The minimum absolute atomic E-state index is 0.0804. The molecular formula is C15H20N2O. The smallest absolute Gasteiger partial charge is 0.234 e. The molecule has 1 rings (SSSR count). The SMILES string of the molecule is Cc1ccc(C(C)(C)CNC(=O)CC#N)c(C)c1. The van der Waals surface area contributed by atoms with Crippen molar-refractivity contribution in [3.8, 4) is 6.07 Å². The quantitative estimate of drug-likeness (QED) is 0.885. The third kappa shape index (κ3) is 3.59. The van der Waals surface area contributed by atoms with E-state index in [1.165, 1.54) is 16.7 Å². The summed E-state index contributed by atoms with van der Waals surface area (Å²) in [6.07, 6.45) is -0.0804. The van der Waals surface area contributed by atoms with Crippen LogP contribution in [0, 0.1) is 25.2 Å². The van der Waals surface area contributed by atoms with Gasteiger partial charge < -0.3 is 5.32 Å². The zero-order valence-corrected chi connectivity index (χ0v) is 11.5. The second kappa shape index (κ2) is 5.68. The molecule has 1 aromatic carbocycles. The lowest BCUT2D eigenvalue weighted by Crippen LogP contribution is -2.36. The van der Waals surface area contributed by atoms with Crippen molar-refractivity contribution in [2.75, 3.05) is 6.54 Å². The lowest BCUT2D eigenvalue weighted by Gasteiger charge is -2.27. The number of amides is 1. The Morgan fingerprint density at radius 1 is 1.39 bits per heavy atom. The lowest BCUT2D eigenvalue weighted by molar-refractivity contribution is -0.120. The van der Waals surface area contributed by atoms with Gasteiger partial charge in [-0.3, -0.25) is 4.79 Å². The summed E-state index contributed by atoms with van der Waals surface area (Å²) in [5, 5.41) is 11.2. The van der Waals surface area contributed by atoms with Crippen LogP contribution in [-0.2, 0) is 10.2 Å². The number of carbonyl (C=O) groups excluding carboxylic acids is 1. The fourth-order valence-corrected chi connectivity index (χ4v) is 2.12. The first kappa shape index (κ1) is 14.2. The molecule has 0 spiro atoms. The molecule has 0 aliphatic rings. The van der Waals surface area contributed by atoms with Crippen molar-refractivity contribution < 1.29 is 4.79 Å². The summed E-state index contributed by atoms with van der Waals surface area (Å²) < 4.78 is 0. The Morgan fingerprint density at radius 2 is 2.06 bits per heavy atom. The topological polar surface area (TPSA) is 52.9 Å². The van der Waals surface area contributed by atoms with Crippen LogP contribution < -0.4 is 5.32 Å². The van der Waals surface area contributed by atoms with E-state index in [1.54, 1.807) is 0 Å². The Labute approximate surface area is 109 Å². The summed E-state index contributed by atoms with van der Waals surface area (Å²) in [7, 11) is 0. The van der Waals surface area contributed by atoms with Crippen LogP contribution >= 0.6 is 0 Å². The molecule has 0 radical (unpaired) electrons. The number of rotatable bonds is 4. The fourth-order valence-electron chi connectivity index (χ4n) is 2.12. The van der Waals surface area contributed by atoms with Crippen LogP contribution in [-0.4, -0.2) is 12.5 Å². The predicted molar refractivity (Wildman–Crippen MR) is 72.2 cm³/mol. The van der Waals surface area contributed by atoms with Crippen LogP contribution in [0.2, 0.25) is 0 Å². The molecule has 0 aliphatic heterocycles. The van der Waals surface area contributed by atoms with Gasteiger partial charge in [0.05, 0.1) is 6.07 Å². The highest BCUT2D eigenvalue weighted by Gasteiger charge is 2.23. The van der Waals surface area contributed by atoms with Crippen LogP contribution in [0.1, 0.15) is 37.0 Å². The maximum atomic E-state index is 11.3. The summed E-state index contributed by atoms with van der Waals surface area (Å²) in [5.74, 6) is -0.213. The number of hydrogen-bond acceptors (Lipinski definition) is 2. The van der Waals surface area contributed by atoms with E-state index in [9.17, 15) is 4.79 Å². The van der Waals surface area contributed by atoms with E-state index >= 15 is 0 Å². The minimum atomic E-state index is -0.213. The maximum Gasteiger partial charge on any atom is 0.234 e. The first-order valence-corrected chi connectivity index (χ1v) is 6.08. The molecule has 96 valence electrons. The van der Waals surface area contributed by atoms with Gasteiger partial charge in [0.15, 0.2) is 0 Å². The van der Waals surface area contributed by atoms with E-state index in [-0.39, 0.29) is 17.7 Å². The number of carbonyl (C=O) groups is 1. The number of hydrogen-bond donors (Lipinski definition) is 1. The van der Waals surface area contributed by atoms with Gasteiger partial charge in [-0.15, -0.1) is 0 Å². The third-order valence-electron chi connectivity index (χ3n) is 3.08. The first-order valence-electron chi connectivity index (χ1n) is 6.08. The molecule has 18 heavy (non-hydrogen) atoms. The second-order valence-corrected chi connectivity index (χ2v) is 5.31. The normalized spacial score (nSPS) is 10.8. The van der Waals surface area contributed by atoms with E-state index in [0.29, 0.717) is 6.54 Å². The molecule has 0 bridgehead atoms. The zero-order chi connectivity index (χ0) is 13.8. The van der Waals surface area contributed by atoms with Crippen LogP contribution in [0.4, 0.5) is 0 Å². The average Bonchev–Trinajstić information content (AvgIpc) is 2.26. The van der Waals surface area contributed by atoms with Gasteiger partial charge in [-0.05, 0) is 25.0 Å². The summed E-state index contributed by atoms with van der Waals surface area (Å²) in [6.45, 7) is 8.88. The molecule has 0 aliphatic carbocycles. The molecule has 0 atom stereocenters. The van der Waals surface area contributed by atoms with Gasteiger partial charge in [-0.1, -0.05) is 37.6 Å². The Balaban J connectivity index is 2.80. The van der Waals surface area contributed by atoms with Crippen LogP contribution in [0.3, 0.4) is 0 Å². The monoisotopic (exact) mass is 244 g/mol.